The maximum Gasteiger partial charge on any atom is 0.259 e. The lowest BCUT2D eigenvalue weighted by atomic mass is 10.0. The van der Waals surface area contributed by atoms with Crippen LogP contribution in [0, 0.1) is 12.7 Å². The normalized spacial score (nSPS) is 12.6. The van der Waals surface area contributed by atoms with Crippen LogP contribution in [-0.2, 0) is 0 Å². The Morgan fingerprint density at radius 1 is 1.24 bits per heavy atom. The van der Waals surface area contributed by atoms with Crippen molar-refractivity contribution in [3.63, 3.8) is 0 Å². The number of carbonyl (C=O) groups excluding carboxylic acids is 1. The van der Waals surface area contributed by atoms with E-state index in [1.165, 1.54) is 12.3 Å². The zero-order valence-electron chi connectivity index (χ0n) is 14.5. The predicted octanol–water partition coefficient (Wildman–Crippen LogP) is 3.68. The molecule has 130 valence electrons. The van der Waals surface area contributed by atoms with Crippen molar-refractivity contribution in [3.8, 4) is 0 Å². The zero-order chi connectivity index (χ0) is 18.1. The third-order valence-electron chi connectivity index (χ3n) is 4.05. The minimum atomic E-state index is -0.443. The van der Waals surface area contributed by atoms with Crippen molar-refractivity contribution in [1.82, 2.24) is 20.4 Å². The summed E-state index contributed by atoms with van der Waals surface area (Å²) in [5.74, 6) is -0.606. The van der Waals surface area contributed by atoms with Crippen LogP contribution in [0.1, 0.15) is 60.0 Å². The molecule has 0 radical (unpaired) electrons. The highest BCUT2D eigenvalue weighted by atomic mass is 19.1. The van der Waals surface area contributed by atoms with Gasteiger partial charge < -0.3 is 9.84 Å². The molecule has 1 amide bonds. The van der Waals surface area contributed by atoms with Gasteiger partial charge in [0, 0.05) is 11.9 Å². The molecule has 0 bridgehead atoms. The number of hydrogen-bond donors (Lipinski definition) is 1. The highest BCUT2D eigenvalue weighted by Gasteiger charge is 2.21. The van der Waals surface area contributed by atoms with Gasteiger partial charge in [-0.25, -0.2) is 9.37 Å². The van der Waals surface area contributed by atoms with Gasteiger partial charge in [-0.2, -0.15) is 0 Å². The van der Waals surface area contributed by atoms with Gasteiger partial charge in [0.15, 0.2) is 0 Å². The molecule has 0 aromatic carbocycles. The van der Waals surface area contributed by atoms with E-state index in [4.69, 9.17) is 4.52 Å². The summed E-state index contributed by atoms with van der Waals surface area (Å²) >= 11 is 0. The molecule has 0 fully saturated rings. The number of fused-ring (bicyclic) bond motifs is 1. The van der Waals surface area contributed by atoms with Crippen LogP contribution in [0.5, 0.6) is 0 Å². The van der Waals surface area contributed by atoms with E-state index < -0.39 is 11.9 Å². The van der Waals surface area contributed by atoms with Crippen LogP contribution in [0.3, 0.4) is 0 Å². The number of pyridine rings is 2. The highest BCUT2D eigenvalue weighted by Crippen LogP contribution is 2.25. The summed E-state index contributed by atoms with van der Waals surface area (Å²) in [6, 6.07) is 2.70. The lowest BCUT2D eigenvalue weighted by molar-refractivity contribution is 0.0941. The van der Waals surface area contributed by atoms with E-state index in [1.54, 1.807) is 19.9 Å². The van der Waals surface area contributed by atoms with E-state index in [0.29, 0.717) is 27.9 Å². The molecular weight excluding hydrogens is 323 g/mol. The number of aromatic nitrogens is 3. The Morgan fingerprint density at radius 2 is 2.00 bits per heavy atom. The fourth-order valence-electron chi connectivity index (χ4n) is 2.61. The van der Waals surface area contributed by atoms with Gasteiger partial charge in [-0.15, -0.1) is 0 Å². The molecule has 3 aromatic rings. The van der Waals surface area contributed by atoms with Crippen LogP contribution in [0.4, 0.5) is 4.39 Å². The van der Waals surface area contributed by atoms with Gasteiger partial charge in [0.25, 0.3) is 11.6 Å². The Hall–Kier alpha value is -2.83. The average Bonchev–Trinajstić information content (AvgIpc) is 2.95. The molecular formula is C18H19FN4O2. The first kappa shape index (κ1) is 17.0. The summed E-state index contributed by atoms with van der Waals surface area (Å²) < 4.78 is 18.6. The van der Waals surface area contributed by atoms with Gasteiger partial charge in [-0.3, -0.25) is 9.78 Å². The fraction of sp³-hybridized carbons (Fsp3) is 0.333. The number of hydrogen-bond acceptors (Lipinski definition) is 5. The molecule has 25 heavy (non-hydrogen) atoms. The van der Waals surface area contributed by atoms with E-state index in [-0.39, 0.29) is 11.8 Å². The Morgan fingerprint density at radius 3 is 2.68 bits per heavy atom. The molecule has 1 atom stereocenters. The largest absolute Gasteiger partial charge is 0.345 e. The third-order valence-corrected chi connectivity index (χ3v) is 4.05. The summed E-state index contributed by atoms with van der Waals surface area (Å²) in [5, 5.41) is 7.37. The molecule has 0 saturated carbocycles. The first-order valence-electron chi connectivity index (χ1n) is 8.05. The van der Waals surface area contributed by atoms with Gasteiger partial charge >= 0.3 is 0 Å². The summed E-state index contributed by atoms with van der Waals surface area (Å²) in [6.07, 6.45) is 2.65. The maximum atomic E-state index is 13.3. The molecule has 7 heteroatoms. The maximum absolute atomic E-state index is 13.3. The van der Waals surface area contributed by atoms with E-state index >= 15 is 0 Å². The fourth-order valence-corrected chi connectivity index (χ4v) is 2.61. The van der Waals surface area contributed by atoms with Crippen molar-refractivity contribution in [1.29, 1.82) is 0 Å². The second-order valence-corrected chi connectivity index (χ2v) is 6.33. The van der Waals surface area contributed by atoms with E-state index in [1.807, 2.05) is 13.8 Å². The van der Waals surface area contributed by atoms with Crippen LogP contribution in [0.15, 0.2) is 29.0 Å². The lowest BCUT2D eigenvalue weighted by Crippen LogP contribution is -2.27. The van der Waals surface area contributed by atoms with Gasteiger partial charge in [0.2, 0.25) is 0 Å². The zero-order valence-corrected chi connectivity index (χ0v) is 14.5. The number of nitrogens with one attached hydrogen (secondary N) is 1. The molecule has 0 spiro atoms. The summed E-state index contributed by atoms with van der Waals surface area (Å²) in [7, 11) is 0. The number of halogens is 1. The smallest absolute Gasteiger partial charge is 0.259 e. The SMILES string of the molecule is Cc1noc2nc(C(C)C)cc(C(=O)N[C@@H](C)c3cncc(F)c3)c12. The molecule has 6 nitrogen and oxygen atoms in total. The molecule has 0 aliphatic rings. The first-order chi connectivity index (χ1) is 11.9. The topological polar surface area (TPSA) is 80.9 Å². The Kier molecular flexibility index (Phi) is 4.48. The Labute approximate surface area is 144 Å². The van der Waals surface area contributed by atoms with Crippen LogP contribution in [0.2, 0.25) is 0 Å². The van der Waals surface area contributed by atoms with Gasteiger partial charge in [0.05, 0.1) is 28.9 Å². The van der Waals surface area contributed by atoms with Crippen LogP contribution in [-0.4, -0.2) is 21.0 Å². The minimum absolute atomic E-state index is 0.131. The van der Waals surface area contributed by atoms with Crippen molar-refractivity contribution in [3.05, 3.63) is 52.9 Å². The van der Waals surface area contributed by atoms with Crippen molar-refractivity contribution in [2.45, 2.75) is 39.7 Å². The molecule has 0 saturated heterocycles. The van der Waals surface area contributed by atoms with Crippen LogP contribution in [0.25, 0.3) is 11.1 Å². The molecule has 0 unspecified atom stereocenters. The standard InChI is InChI=1S/C18H19FN4O2/c1-9(2)15-6-14(16-11(4)23-25-18(16)22-15)17(24)21-10(3)12-5-13(19)8-20-7-12/h5-10H,1-4H3,(H,21,24)/t10-/m0/s1. The average molecular weight is 342 g/mol. The number of amides is 1. The van der Waals surface area contributed by atoms with E-state index in [2.05, 4.69) is 20.4 Å². The second kappa shape index (κ2) is 6.58. The van der Waals surface area contributed by atoms with Gasteiger partial charge in [-0.05, 0) is 37.5 Å². The Bertz CT molecular complexity index is 936. The predicted molar refractivity (Wildman–Crippen MR) is 90.7 cm³/mol. The van der Waals surface area contributed by atoms with Gasteiger partial charge in [0.1, 0.15) is 5.82 Å². The van der Waals surface area contributed by atoms with Crippen LogP contribution >= 0.6 is 0 Å². The van der Waals surface area contributed by atoms with Crippen molar-refractivity contribution in [2.75, 3.05) is 0 Å². The number of aryl methyl sites for hydroxylation is 1. The first-order valence-corrected chi connectivity index (χ1v) is 8.05. The lowest BCUT2D eigenvalue weighted by Gasteiger charge is -2.15. The second-order valence-electron chi connectivity index (χ2n) is 6.33. The summed E-state index contributed by atoms with van der Waals surface area (Å²) in [5.41, 5.74) is 2.72. The highest BCUT2D eigenvalue weighted by molar-refractivity contribution is 6.06. The van der Waals surface area contributed by atoms with Crippen molar-refractivity contribution < 1.29 is 13.7 Å². The third kappa shape index (κ3) is 3.35. The number of nitrogens with zero attached hydrogens (tertiary/aromatic N) is 3. The molecule has 3 heterocycles. The minimum Gasteiger partial charge on any atom is -0.345 e. The monoisotopic (exact) mass is 342 g/mol. The summed E-state index contributed by atoms with van der Waals surface area (Å²) in [6.45, 7) is 7.51. The Balaban J connectivity index is 1.97. The van der Waals surface area contributed by atoms with Crippen LogP contribution < -0.4 is 5.32 Å². The molecule has 3 aromatic heterocycles. The number of carbonyl (C=O) groups is 1. The molecule has 0 aliphatic heterocycles. The summed E-state index contributed by atoms with van der Waals surface area (Å²) in [4.78, 5) is 21.1. The molecule has 1 N–H and O–H groups in total. The van der Waals surface area contributed by atoms with Crippen molar-refractivity contribution >= 4 is 17.0 Å². The van der Waals surface area contributed by atoms with E-state index in [9.17, 15) is 9.18 Å². The quantitative estimate of drug-likeness (QED) is 0.782. The van der Waals surface area contributed by atoms with E-state index in [0.717, 1.165) is 11.9 Å². The number of rotatable bonds is 4. The van der Waals surface area contributed by atoms with Crippen molar-refractivity contribution in [2.24, 2.45) is 0 Å². The van der Waals surface area contributed by atoms with Gasteiger partial charge in [-0.1, -0.05) is 19.0 Å². The molecule has 0 aliphatic carbocycles. The molecule has 3 rings (SSSR count).